The molecule has 2 unspecified atom stereocenters. The first-order valence-electron chi connectivity index (χ1n) is 8.25. The normalized spacial score (nSPS) is 26.0. The molecule has 4 nitrogen and oxygen atoms in total. The summed E-state index contributed by atoms with van der Waals surface area (Å²) in [4.78, 5) is 12.5. The van der Waals surface area contributed by atoms with E-state index < -0.39 is 0 Å². The summed E-state index contributed by atoms with van der Waals surface area (Å²) in [6, 6.07) is 7.69. The first-order chi connectivity index (χ1) is 10.7. The molecule has 1 amide bonds. The molecule has 3 rings (SSSR count). The van der Waals surface area contributed by atoms with Gasteiger partial charge in [-0.1, -0.05) is 43.0 Å². The third kappa shape index (κ3) is 3.80. The first kappa shape index (κ1) is 15.8. The Hall–Kier alpha value is -1.10. The second-order valence-electron chi connectivity index (χ2n) is 6.41. The Morgan fingerprint density at radius 2 is 2.09 bits per heavy atom. The standard InChI is InChI=1S/C17H24ClN3O/c18-14-8-4-7-13(9-14)16-15(11-20-21-16)17(22)19-10-12-5-2-1-3-6-12/h4,7-9,12,15-16,20-21H,1-3,5-6,10-11H2,(H,19,22). The summed E-state index contributed by atoms with van der Waals surface area (Å²) in [5.41, 5.74) is 7.36. The molecule has 120 valence electrons. The van der Waals surface area contributed by atoms with Crippen LogP contribution in [0.5, 0.6) is 0 Å². The van der Waals surface area contributed by atoms with Crippen LogP contribution in [0.15, 0.2) is 24.3 Å². The number of nitrogens with one attached hydrogen (secondary N) is 3. The Labute approximate surface area is 137 Å². The fourth-order valence-electron chi connectivity index (χ4n) is 3.52. The summed E-state index contributed by atoms with van der Waals surface area (Å²) in [7, 11) is 0. The lowest BCUT2D eigenvalue weighted by molar-refractivity contribution is -0.125. The topological polar surface area (TPSA) is 53.2 Å². The number of amides is 1. The fourth-order valence-corrected chi connectivity index (χ4v) is 3.72. The van der Waals surface area contributed by atoms with Gasteiger partial charge in [0.15, 0.2) is 0 Å². The van der Waals surface area contributed by atoms with Crippen molar-refractivity contribution in [2.24, 2.45) is 11.8 Å². The Kier molecular flexibility index (Phi) is 5.34. The van der Waals surface area contributed by atoms with Gasteiger partial charge >= 0.3 is 0 Å². The maximum Gasteiger partial charge on any atom is 0.226 e. The molecule has 1 heterocycles. The van der Waals surface area contributed by atoms with Crippen molar-refractivity contribution in [3.63, 3.8) is 0 Å². The van der Waals surface area contributed by atoms with Crippen LogP contribution >= 0.6 is 11.6 Å². The Morgan fingerprint density at radius 1 is 1.27 bits per heavy atom. The zero-order chi connectivity index (χ0) is 15.4. The molecule has 1 aromatic rings. The summed E-state index contributed by atoms with van der Waals surface area (Å²) >= 11 is 6.06. The van der Waals surface area contributed by atoms with Crippen LogP contribution in [0.25, 0.3) is 0 Å². The number of hydrogen-bond donors (Lipinski definition) is 3. The van der Waals surface area contributed by atoms with E-state index in [1.54, 1.807) is 0 Å². The fraction of sp³-hybridized carbons (Fsp3) is 0.588. The molecule has 2 atom stereocenters. The van der Waals surface area contributed by atoms with Crippen LogP contribution in [0.2, 0.25) is 5.02 Å². The van der Waals surface area contributed by atoms with E-state index in [2.05, 4.69) is 16.2 Å². The van der Waals surface area contributed by atoms with E-state index in [1.165, 1.54) is 32.1 Å². The SMILES string of the molecule is O=C(NCC1CCCCC1)C1CNNC1c1cccc(Cl)c1. The summed E-state index contributed by atoms with van der Waals surface area (Å²) in [5, 5.41) is 3.86. The number of benzene rings is 1. The Morgan fingerprint density at radius 3 is 2.86 bits per heavy atom. The van der Waals surface area contributed by atoms with Gasteiger partial charge in [0.2, 0.25) is 5.91 Å². The summed E-state index contributed by atoms with van der Waals surface area (Å²) in [5.74, 6) is 0.694. The third-order valence-electron chi connectivity index (χ3n) is 4.82. The molecule has 2 aliphatic rings. The maximum absolute atomic E-state index is 12.5. The molecule has 0 bridgehead atoms. The van der Waals surface area contributed by atoms with Crippen LogP contribution in [0.3, 0.4) is 0 Å². The second-order valence-corrected chi connectivity index (χ2v) is 6.85. The molecule has 2 fully saturated rings. The zero-order valence-electron chi connectivity index (χ0n) is 12.8. The van der Waals surface area contributed by atoms with Crippen molar-refractivity contribution in [1.29, 1.82) is 0 Å². The number of halogens is 1. The van der Waals surface area contributed by atoms with E-state index >= 15 is 0 Å². The van der Waals surface area contributed by atoms with Crippen LogP contribution in [-0.2, 0) is 4.79 Å². The molecule has 22 heavy (non-hydrogen) atoms. The molecule has 0 radical (unpaired) electrons. The average Bonchev–Trinajstić information content (AvgIpc) is 3.03. The van der Waals surface area contributed by atoms with E-state index in [0.29, 0.717) is 17.5 Å². The average molecular weight is 322 g/mol. The second kappa shape index (κ2) is 7.44. The van der Waals surface area contributed by atoms with Crippen molar-refractivity contribution in [3.05, 3.63) is 34.9 Å². The predicted octanol–water partition coefficient (Wildman–Crippen LogP) is 2.80. The first-order valence-corrected chi connectivity index (χ1v) is 8.63. The van der Waals surface area contributed by atoms with Gasteiger partial charge in [0.05, 0.1) is 12.0 Å². The van der Waals surface area contributed by atoms with Crippen LogP contribution in [0.4, 0.5) is 0 Å². The van der Waals surface area contributed by atoms with E-state index in [0.717, 1.165) is 12.1 Å². The molecular weight excluding hydrogens is 298 g/mol. The Bertz CT molecular complexity index is 516. The zero-order valence-corrected chi connectivity index (χ0v) is 13.5. The van der Waals surface area contributed by atoms with Crippen molar-refractivity contribution in [3.8, 4) is 0 Å². The molecule has 0 spiro atoms. The minimum absolute atomic E-state index is 0.0231. The van der Waals surface area contributed by atoms with Gasteiger partial charge < -0.3 is 5.32 Å². The van der Waals surface area contributed by atoms with E-state index in [9.17, 15) is 4.79 Å². The maximum atomic E-state index is 12.5. The lowest BCUT2D eigenvalue weighted by atomic mass is 9.89. The molecule has 5 heteroatoms. The molecule has 1 saturated carbocycles. The van der Waals surface area contributed by atoms with Crippen molar-refractivity contribution in [1.82, 2.24) is 16.2 Å². The highest BCUT2D eigenvalue weighted by molar-refractivity contribution is 6.30. The quantitative estimate of drug-likeness (QED) is 0.799. The van der Waals surface area contributed by atoms with Crippen LogP contribution in [0.1, 0.15) is 43.7 Å². The lowest BCUT2D eigenvalue weighted by Gasteiger charge is -2.24. The van der Waals surface area contributed by atoms with Crippen molar-refractivity contribution in [2.75, 3.05) is 13.1 Å². The highest BCUT2D eigenvalue weighted by Gasteiger charge is 2.34. The number of carbonyl (C=O) groups is 1. The molecule has 1 aliphatic carbocycles. The van der Waals surface area contributed by atoms with Gasteiger partial charge in [0, 0.05) is 18.1 Å². The van der Waals surface area contributed by atoms with E-state index in [1.807, 2.05) is 24.3 Å². The number of hydrogen-bond acceptors (Lipinski definition) is 3. The minimum atomic E-state index is -0.0953. The Balaban J connectivity index is 1.58. The van der Waals surface area contributed by atoms with Crippen molar-refractivity contribution < 1.29 is 4.79 Å². The molecule has 1 aliphatic heterocycles. The van der Waals surface area contributed by atoms with E-state index in [4.69, 9.17) is 11.6 Å². The van der Waals surface area contributed by atoms with Gasteiger partial charge in [0.25, 0.3) is 0 Å². The van der Waals surface area contributed by atoms with Crippen LogP contribution in [0, 0.1) is 11.8 Å². The summed E-state index contributed by atoms with van der Waals surface area (Å²) in [6.45, 7) is 1.46. The number of carbonyl (C=O) groups excluding carboxylic acids is 1. The van der Waals surface area contributed by atoms with Gasteiger partial charge in [-0.05, 0) is 36.5 Å². The molecule has 3 N–H and O–H groups in total. The van der Waals surface area contributed by atoms with Gasteiger partial charge in [-0.25, -0.2) is 5.43 Å². The minimum Gasteiger partial charge on any atom is -0.355 e. The molecule has 0 aromatic heterocycles. The van der Waals surface area contributed by atoms with Gasteiger partial charge in [0.1, 0.15) is 0 Å². The highest BCUT2D eigenvalue weighted by atomic mass is 35.5. The largest absolute Gasteiger partial charge is 0.355 e. The van der Waals surface area contributed by atoms with Gasteiger partial charge in [-0.2, -0.15) is 0 Å². The van der Waals surface area contributed by atoms with Crippen LogP contribution < -0.4 is 16.2 Å². The highest BCUT2D eigenvalue weighted by Crippen LogP contribution is 2.27. The van der Waals surface area contributed by atoms with Crippen molar-refractivity contribution >= 4 is 17.5 Å². The molecule has 1 aromatic carbocycles. The summed E-state index contributed by atoms with van der Waals surface area (Å²) < 4.78 is 0. The predicted molar refractivity (Wildman–Crippen MR) is 88.4 cm³/mol. The number of hydrazine groups is 1. The van der Waals surface area contributed by atoms with Gasteiger partial charge in [-0.15, -0.1) is 0 Å². The summed E-state index contributed by atoms with van der Waals surface area (Å²) in [6.07, 6.45) is 6.45. The lowest BCUT2D eigenvalue weighted by Crippen LogP contribution is -2.38. The monoisotopic (exact) mass is 321 g/mol. The number of rotatable bonds is 4. The molecule has 1 saturated heterocycles. The molecular formula is C17H24ClN3O. The third-order valence-corrected chi connectivity index (χ3v) is 5.05. The van der Waals surface area contributed by atoms with Gasteiger partial charge in [-0.3, -0.25) is 10.2 Å². The van der Waals surface area contributed by atoms with Crippen LogP contribution in [-0.4, -0.2) is 19.0 Å². The smallest absolute Gasteiger partial charge is 0.226 e. The van der Waals surface area contributed by atoms with Crippen molar-refractivity contribution in [2.45, 2.75) is 38.1 Å². The van der Waals surface area contributed by atoms with E-state index in [-0.39, 0.29) is 17.9 Å².